The Balaban J connectivity index is 3.40. The number of rotatable bonds is 3. The molecule has 0 atom stereocenters. The minimum Gasteiger partial charge on any atom is -0.369 e. The summed E-state index contributed by atoms with van der Waals surface area (Å²) in [7, 11) is 1.49. The summed E-state index contributed by atoms with van der Waals surface area (Å²) in [5.74, 6) is 4.91. The lowest BCUT2D eigenvalue weighted by molar-refractivity contribution is -0.136. The fourth-order valence-corrected chi connectivity index (χ4v) is 0.340. The molecule has 0 spiro atoms. The van der Waals surface area contributed by atoms with Gasteiger partial charge in [-0.25, -0.2) is 5.84 Å². The van der Waals surface area contributed by atoms with Gasteiger partial charge in [0, 0.05) is 7.05 Å². The van der Waals surface area contributed by atoms with Crippen LogP contribution in [0.4, 0.5) is 0 Å². The van der Waals surface area contributed by atoms with Gasteiger partial charge in [-0.05, 0) is 13.8 Å². The van der Waals surface area contributed by atoms with Gasteiger partial charge >= 0.3 is 0 Å². The number of nitrogens with two attached hydrogens (primary N) is 1. The summed E-state index contributed by atoms with van der Waals surface area (Å²) in [6.45, 7) is 3.79. The van der Waals surface area contributed by atoms with Gasteiger partial charge in [-0.2, -0.15) is 0 Å². The van der Waals surface area contributed by atoms with Crippen LogP contribution in [0.15, 0.2) is 0 Å². The highest BCUT2D eigenvalue weighted by Crippen LogP contribution is 1.87. The van der Waals surface area contributed by atoms with Crippen molar-refractivity contribution in [3.8, 4) is 0 Å². The van der Waals surface area contributed by atoms with Gasteiger partial charge in [0.05, 0.1) is 6.10 Å². The van der Waals surface area contributed by atoms with Gasteiger partial charge < -0.3 is 4.74 Å². The number of ether oxygens (including phenoxy) is 1. The molecule has 1 amide bonds. The minimum absolute atomic E-state index is 0.0602. The van der Waals surface area contributed by atoms with Crippen LogP contribution in [-0.4, -0.2) is 30.7 Å². The summed E-state index contributed by atoms with van der Waals surface area (Å²) in [4.78, 5) is 10.7. The number of amides is 1. The predicted octanol–water partition coefficient (Wildman–Crippen LogP) is -0.256. The van der Waals surface area contributed by atoms with Gasteiger partial charge in [0.2, 0.25) is 0 Å². The Morgan fingerprint density at radius 1 is 1.70 bits per heavy atom. The van der Waals surface area contributed by atoms with Crippen LogP contribution in [-0.2, 0) is 9.53 Å². The summed E-state index contributed by atoms with van der Waals surface area (Å²) in [5.41, 5.74) is 0. The normalized spacial score (nSPS) is 10.1. The summed E-state index contributed by atoms with van der Waals surface area (Å²) < 4.78 is 4.99. The third kappa shape index (κ3) is 4.29. The second-order valence-corrected chi connectivity index (χ2v) is 2.36. The maximum Gasteiger partial charge on any atom is 0.262 e. The van der Waals surface area contributed by atoms with E-state index in [0.717, 1.165) is 5.01 Å². The number of hydrogen-bond donors (Lipinski definition) is 1. The zero-order valence-electron chi connectivity index (χ0n) is 6.63. The molecule has 0 radical (unpaired) electrons. The first-order valence-electron chi connectivity index (χ1n) is 3.17. The highest BCUT2D eigenvalue weighted by Gasteiger charge is 2.04. The van der Waals surface area contributed by atoms with Crippen LogP contribution in [0.1, 0.15) is 13.8 Å². The van der Waals surface area contributed by atoms with Crippen molar-refractivity contribution in [2.75, 3.05) is 13.7 Å². The fraction of sp³-hybridized carbons (Fsp3) is 0.833. The molecular formula is C6H14N2O2. The standard InChI is InChI=1S/C6H14N2O2/c1-5(2)10-4-6(9)8(3)7/h5H,4,7H2,1-3H3. The molecule has 0 aliphatic rings. The third-order valence-corrected chi connectivity index (χ3v) is 0.934. The van der Waals surface area contributed by atoms with Crippen LogP contribution in [0.25, 0.3) is 0 Å². The molecule has 0 aromatic rings. The summed E-state index contributed by atoms with van der Waals surface area (Å²) in [6.07, 6.45) is 0.0731. The van der Waals surface area contributed by atoms with E-state index < -0.39 is 0 Å². The largest absolute Gasteiger partial charge is 0.369 e. The van der Waals surface area contributed by atoms with Gasteiger partial charge in [0.15, 0.2) is 0 Å². The van der Waals surface area contributed by atoms with Crippen LogP contribution < -0.4 is 5.84 Å². The molecule has 0 aromatic carbocycles. The zero-order valence-corrected chi connectivity index (χ0v) is 6.63. The summed E-state index contributed by atoms with van der Waals surface area (Å²) in [5, 5.41) is 1.02. The average Bonchev–Trinajstić information content (AvgIpc) is 1.82. The molecule has 0 saturated carbocycles. The van der Waals surface area contributed by atoms with Crippen LogP contribution in [0, 0.1) is 0 Å². The highest BCUT2D eigenvalue weighted by atomic mass is 16.5. The Labute approximate surface area is 60.9 Å². The van der Waals surface area contributed by atoms with Crippen molar-refractivity contribution >= 4 is 5.91 Å². The van der Waals surface area contributed by atoms with Crippen molar-refractivity contribution in [3.63, 3.8) is 0 Å². The SMILES string of the molecule is CC(C)OCC(=O)N(C)N. The molecular weight excluding hydrogens is 132 g/mol. The van der Waals surface area contributed by atoms with E-state index in [9.17, 15) is 4.79 Å². The van der Waals surface area contributed by atoms with E-state index in [-0.39, 0.29) is 18.6 Å². The van der Waals surface area contributed by atoms with E-state index in [2.05, 4.69) is 0 Å². The van der Waals surface area contributed by atoms with Crippen LogP contribution in [0.2, 0.25) is 0 Å². The quantitative estimate of drug-likeness (QED) is 0.339. The number of hydrazine groups is 1. The second kappa shape index (κ2) is 4.24. The molecule has 4 nitrogen and oxygen atoms in total. The van der Waals surface area contributed by atoms with Crippen LogP contribution >= 0.6 is 0 Å². The third-order valence-electron chi connectivity index (χ3n) is 0.934. The average molecular weight is 146 g/mol. The number of carbonyl (C=O) groups is 1. The Hall–Kier alpha value is -0.610. The first kappa shape index (κ1) is 9.39. The van der Waals surface area contributed by atoms with Gasteiger partial charge in [-0.15, -0.1) is 0 Å². The van der Waals surface area contributed by atoms with Crippen molar-refractivity contribution in [1.29, 1.82) is 0 Å². The molecule has 0 bridgehead atoms. The molecule has 0 aliphatic carbocycles. The molecule has 10 heavy (non-hydrogen) atoms. The summed E-state index contributed by atoms with van der Waals surface area (Å²) in [6, 6.07) is 0. The molecule has 60 valence electrons. The minimum atomic E-state index is -0.214. The van der Waals surface area contributed by atoms with Crippen LogP contribution in [0.5, 0.6) is 0 Å². The molecule has 0 fully saturated rings. The molecule has 0 heterocycles. The molecule has 4 heteroatoms. The second-order valence-electron chi connectivity index (χ2n) is 2.36. The molecule has 2 N–H and O–H groups in total. The highest BCUT2D eigenvalue weighted by molar-refractivity contribution is 5.76. The molecule has 0 unspecified atom stereocenters. The number of hydrogen-bond acceptors (Lipinski definition) is 3. The first-order chi connectivity index (χ1) is 4.54. The maximum atomic E-state index is 10.7. The lowest BCUT2D eigenvalue weighted by Crippen LogP contribution is -2.36. The van der Waals surface area contributed by atoms with Gasteiger partial charge in [0.25, 0.3) is 5.91 Å². The lowest BCUT2D eigenvalue weighted by atomic mass is 10.5. The van der Waals surface area contributed by atoms with Gasteiger partial charge in [-0.1, -0.05) is 0 Å². The lowest BCUT2D eigenvalue weighted by Gasteiger charge is -2.11. The van der Waals surface area contributed by atoms with Crippen molar-refractivity contribution < 1.29 is 9.53 Å². The number of likely N-dealkylation sites (N-methyl/N-ethyl adjacent to an activating group) is 1. The van der Waals surface area contributed by atoms with E-state index in [0.29, 0.717) is 0 Å². The monoisotopic (exact) mass is 146 g/mol. The van der Waals surface area contributed by atoms with Gasteiger partial charge in [-0.3, -0.25) is 9.80 Å². The van der Waals surface area contributed by atoms with E-state index in [1.807, 2.05) is 13.8 Å². The fourth-order valence-electron chi connectivity index (χ4n) is 0.340. The molecule has 0 rings (SSSR count). The molecule has 0 aliphatic heterocycles. The molecule has 0 aromatic heterocycles. The Kier molecular flexibility index (Phi) is 3.99. The van der Waals surface area contributed by atoms with E-state index >= 15 is 0 Å². The van der Waals surface area contributed by atoms with Crippen molar-refractivity contribution in [1.82, 2.24) is 5.01 Å². The smallest absolute Gasteiger partial charge is 0.262 e. The Morgan fingerprint density at radius 3 is 2.50 bits per heavy atom. The predicted molar refractivity (Wildman–Crippen MR) is 38.0 cm³/mol. The summed E-state index contributed by atoms with van der Waals surface area (Å²) >= 11 is 0. The van der Waals surface area contributed by atoms with Crippen molar-refractivity contribution in [2.45, 2.75) is 20.0 Å². The number of nitrogens with zero attached hydrogens (tertiary/aromatic N) is 1. The topological polar surface area (TPSA) is 55.6 Å². The molecule has 0 saturated heterocycles. The van der Waals surface area contributed by atoms with E-state index in [1.54, 1.807) is 0 Å². The van der Waals surface area contributed by atoms with Crippen molar-refractivity contribution in [3.05, 3.63) is 0 Å². The van der Waals surface area contributed by atoms with E-state index in [4.69, 9.17) is 10.6 Å². The van der Waals surface area contributed by atoms with Gasteiger partial charge in [0.1, 0.15) is 6.61 Å². The van der Waals surface area contributed by atoms with Crippen molar-refractivity contribution in [2.24, 2.45) is 5.84 Å². The maximum absolute atomic E-state index is 10.7. The number of carbonyl (C=O) groups excluding carboxylic acids is 1. The Bertz CT molecular complexity index is 112. The first-order valence-corrected chi connectivity index (χ1v) is 3.17. The Morgan fingerprint density at radius 2 is 2.20 bits per heavy atom. The zero-order chi connectivity index (χ0) is 8.15. The van der Waals surface area contributed by atoms with E-state index in [1.165, 1.54) is 7.05 Å². The van der Waals surface area contributed by atoms with Crippen LogP contribution in [0.3, 0.4) is 0 Å².